The highest BCUT2D eigenvalue weighted by Crippen LogP contribution is 2.20. The maximum atomic E-state index is 13.3. The summed E-state index contributed by atoms with van der Waals surface area (Å²) in [4.78, 5) is 21.8. The van der Waals surface area contributed by atoms with E-state index in [1.165, 1.54) is 0 Å². The Kier molecular flexibility index (Phi) is 11.6. The molecule has 0 bridgehead atoms. The summed E-state index contributed by atoms with van der Waals surface area (Å²) in [5.41, 5.74) is 1.03. The summed E-state index contributed by atoms with van der Waals surface area (Å²) in [5.74, 6) is 1.46. The number of nitrogens with zero attached hydrogens (tertiary/aromatic N) is 3. The van der Waals surface area contributed by atoms with Crippen molar-refractivity contribution in [3.63, 3.8) is 0 Å². The van der Waals surface area contributed by atoms with Gasteiger partial charge in [-0.05, 0) is 30.7 Å². The van der Waals surface area contributed by atoms with Gasteiger partial charge in [0.2, 0.25) is 5.91 Å². The molecule has 2 heterocycles. The highest BCUT2D eigenvalue weighted by atomic mass is 127. The van der Waals surface area contributed by atoms with Crippen LogP contribution in [0.5, 0.6) is 0 Å². The molecule has 1 aromatic carbocycles. The van der Waals surface area contributed by atoms with Crippen molar-refractivity contribution in [2.45, 2.75) is 25.2 Å². The predicted octanol–water partition coefficient (Wildman–Crippen LogP) is 2.57. The molecule has 0 spiro atoms. The van der Waals surface area contributed by atoms with Gasteiger partial charge in [0.1, 0.15) is 0 Å². The number of morpholine rings is 1. The first-order valence-electron chi connectivity index (χ1n) is 11.1. The van der Waals surface area contributed by atoms with Crippen LogP contribution >= 0.6 is 24.0 Å². The molecule has 8 heteroatoms. The topological polar surface area (TPSA) is 66.4 Å². The molecule has 2 saturated heterocycles. The van der Waals surface area contributed by atoms with E-state index in [1.807, 2.05) is 35.2 Å². The summed E-state index contributed by atoms with van der Waals surface area (Å²) in [6, 6.07) is 10.0. The van der Waals surface area contributed by atoms with Crippen molar-refractivity contribution < 1.29 is 14.3 Å². The standard InChI is InChI=1S/C23H36N4O3.HI/c1-24-23(26(2)11-8-19-9-14-29-15-10-19)25-18-21(20-6-4-3-5-7-20)22(28)27-12-16-30-17-13-27;/h3-7,19,21H,8-18H2,1-2H3,(H,24,25);1H. The van der Waals surface area contributed by atoms with Gasteiger partial charge in [-0.1, -0.05) is 30.3 Å². The normalized spacial score (nSPS) is 18.8. The second-order valence-corrected chi connectivity index (χ2v) is 8.10. The molecule has 0 aromatic heterocycles. The molecule has 0 saturated carbocycles. The zero-order valence-corrected chi connectivity index (χ0v) is 21.1. The van der Waals surface area contributed by atoms with E-state index in [0.717, 1.165) is 56.5 Å². The fraction of sp³-hybridized carbons (Fsp3) is 0.652. The Labute approximate surface area is 203 Å². The second-order valence-electron chi connectivity index (χ2n) is 8.10. The molecule has 1 N–H and O–H groups in total. The Balaban J connectivity index is 0.00000341. The van der Waals surface area contributed by atoms with Gasteiger partial charge in [0.05, 0.1) is 19.1 Å². The lowest BCUT2D eigenvalue weighted by Crippen LogP contribution is -2.47. The largest absolute Gasteiger partial charge is 0.381 e. The van der Waals surface area contributed by atoms with Gasteiger partial charge in [-0.25, -0.2) is 0 Å². The highest BCUT2D eigenvalue weighted by Gasteiger charge is 2.27. The molecule has 31 heavy (non-hydrogen) atoms. The molecule has 2 fully saturated rings. The molecule has 1 unspecified atom stereocenters. The number of carbonyl (C=O) groups excluding carboxylic acids is 1. The zero-order valence-electron chi connectivity index (χ0n) is 18.8. The Morgan fingerprint density at radius 2 is 1.81 bits per heavy atom. The molecular weight excluding hydrogens is 507 g/mol. The van der Waals surface area contributed by atoms with Gasteiger partial charge >= 0.3 is 0 Å². The van der Waals surface area contributed by atoms with E-state index in [2.05, 4.69) is 22.3 Å². The van der Waals surface area contributed by atoms with Crippen molar-refractivity contribution in [1.82, 2.24) is 15.1 Å². The summed E-state index contributed by atoms with van der Waals surface area (Å²) >= 11 is 0. The van der Waals surface area contributed by atoms with Crippen molar-refractivity contribution in [3.8, 4) is 0 Å². The molecule has 1 amide bonds. The second kappa shape index (κ2) is 13.9. The Morgan fingerprint density at radius 1 is 1.16 bits per heavy atom. The van der Waals surface area contributed by atoms with Crippen LogP contribution in [0.25, 0.3) is 0 Å². The van der Waals surface area contributed by atoms with Crippen LogP contribution < -0.4 is 5.32 Å². The van der Waals surface area contributed by atoms with Crippen LogP contribution in [0.2, 0.25) is 0 Å². The average Bonchev–Trinajstić information content (AvgIpc) is 2.82. The number of carbonyl (C=O) groups is 1. The zero-order chi connectivity index (χ0) is 21.2. The Morgan fingerprint density at radius 3 is 2.45 bits per heavy atom. The molecule has 2 aliphatic rings. The molecule has 1 atom stereocenters. The third-order valence-electron chi connectivity index (χ3n) is 6.07. The smallest absolute Gasteiger partial charge is 0.232 e. The monoisotopic (exact) mass is 544 g/mol. The van der Waals surface area contributed by atoms with Crippen molar-refractivity contribution in [2.75, 3.05) is 66.7 Å². The van der Waals surface area contributed by atoms with Crippen LogP contribution in [-0.2, 0) is 14.3 Å². The number of aliphatic imine (C=N–C) groups is 1. The van der Waals surface area contributed by atoms with Crippen molar-refractivity contribution >= 4 is 35.8 Å². The van der Waals surface area contributed by atoms with Gasteiger partial charge in [-0.15, -0.1) is 24.0 Å². The number of hydrogen-bond acceptors (Lipinski definition) is 4. The van der Waals surface area contributed by atoms with Crippen LogP contribution in [0.1, 0.15) is 30.7 Å². The van der Waals surface area contributed by atoms with E-state index in [1.54, 1.807) is 7.05 Å². The van der Waals surface area contributed by atoms with Crippen molar-refractivity contribution in [2.24, 2.45) is 10.9 Å². The van der Waals surface area contributed by atoms with Crippen LogP contribution in [0.4, 0.5) is 0 Å². The summed E-state index contributed by atoms with van der Waals surface area (Å²) in [5, 5.41) is 3.45. The highest BCUT2D eigenvalue weighted by molar-refractivity contribution is 14.0. The maximum absolute atomic E-state index is 13.3. The summed E-state index contributed by atoms with van der Waals surface area (Å²) in [6.45, 7) is 5.75. The average molecular weight is 544 g/mol. The lowest BCUT2D eigenvalue weighted by molar-refractivity contribution is -0.136. The Hall–Kier alpha value is -1.39. The van der Waals surface area contributed by atoms with Gasteiger partial charge in [0.25, 0.3) is 0 Å². The first kappa shape index (κ1) is 25.9. The molecule has 3 rings (SSSR count). The van der Waals surface area contributed by atoms with Gasteiger partial charge in [-0.2, -0.15) is 0 Å². The van der Waals surface area contributed by atoms with E-state index in [9.17, 15) is 4.79 Å². The predicted molar refractivity (Wildman–Crippen MR) is 134 cm³/mol. The summed E-state index contributed by atoms with van der Waals surface area (Å²) < 4.78 is 10.9. The lowest BCUT2D eigenvalue weighted by Gasteiger charge is -2.32. The molecule has 174 valence electrons. The number of guanidine groups is 1. The number of hydrogen-bond donors (Lipinski definition) is 1. The quantitative estimate of drug-likeness (QED) is 0.325. The summed E-state index contributed by atoms with van der Waals surface area (Å²) in [6.07, 6.45) is 3.42. The number of amides is 1. The first-order valence-corrected chi connectivity index (χ1v) is 11.1. The molecule has 0 radical (unpaired) electrons. The number of ether oxygens (including phenoxy) is 2. The molecule has 1 aromatic rings. The molecular formula is C23H37IN4O3. The van der Waals surface area contributed by atoms with Gasteiger partial charge < -0.3 is 24.6 Å². The molecule has 0 aliphatic carbocycles. The first-order chi connectivity index (χ1) is 14.7. The van der Waals surface area contributed by atoms with Crippen molar-refractivity contribution in [3.05, 3.63) is 35.9 Å². The maximum Gasteiger partial charge on any atom is 0.232 e. The van der Waals surface area contributed by atoms with Gasteiger partial charge in [-0.3, -0.25) is 9.79 Å². The minimum Gasteiger partial charge on any atom is -0.381 e. The van der Waals surface area contributed by atoms with E-state index < -0.39 is 0 Å². The van der Waals surface area contributed by atoms with Gasteiger partial charge in [0.15, 0.2) is 5.96 Å². The fourth-order valence-electron chi connectivity index (χ4n) is 4.13. The summed E-state index contributed by atoms with van der Waals surface area (Å²) in [7, 11) is 3.87. The number of benzene rings is 1. The van der Waals surface area contributed by atoms with E-state index in [-0.39, 0.29) is 35.8 Å². The number of halogens is 1. The molecule has 2 aliphatic heterocycles. The third-order valence-corrected chi connectivity index (χ3v) is 6.07. The van der Waals surface area contributed by atoms with E-state index >= 15 is 0 Å². The number of nitrogens with one attached hydrogen (secondary N) is 1. The minimum absolute atomic E-state index is 0. The Bertz CT molecular complexity index is 677. The molecule has 7 nitrogen and oxygen atoms in total. The van der Waals surface area contributed by atoms with Crippen LogP contribution in [0.15, 0.2) is 35.3 Å². The SMILES string of the molecule is CN=C(NCC(C(=O)N1CCOCC1)c1ccccc1)N(C)CCC1CCOCC1.I. The van der Waals surface area contributed by atoms with Crippen molar-refractivity contribution in [1.29, 1.82) is 0 Å². The fourth-order valence-corrected chi connectivity index (χ4v) is 4.13. The van der Waals surface area contributed by atoms with E-state index in [4.69, 9.17) is 9.47 Å². The number of rotatable bonds is 7. The van der Waals surface area contributed by atoms with Gasteiger partial charge in [0, 0.05) is 53.5 Å². The lowest BCUT2D eigenvalue weighted by atomic mass is 9.96. The van der Waals surface area contributed by atoms with Crippen LogP contribution in [-0.4, -0.2) is 88.4 Å². The van der Waals surface area contributed by atoms with Crippen LogP contribution in [0, 0.1) is 5.92 Å². The van der Waals surface area contributed by atoms with Crippen LogP contribution in [0.3, 0.4) is 0 Å². The third kappa shape index (κ3) is 7.91. The minimum atomic E-state index is -0.245. The van der Waals surface area contributed by atoms with E-state index in [0.29, 0.717) is 32.8 Å².